The van der Waals surface area contributed by atoms with E-state index in [1.54, 1.807) is 6.07 Å². The molecule has 0 aliphatic rings. The summed E-state index contributed by atoms with van der Waals surface area (Å²) in [6, 6.07) is 3.97. The van der Waals surface area contributed by atoms with Crippen LogP contribution in [0.4, 0.5) is 8.78 Å². The Hall–Kier alpha value is -0.870. The van der Waals surface area contributed by atoms with Gasteiger partial charge in [-0.25, -0.2) is 8.78 Å². The molecule has 2 aromatic rings. The topological polar surface area (TPSA) is 20.2 Å². The Kier molecular flexibility index (Phi) is 2.33. The van der Waals surface area contributed by atoms with E-state index in [4.69, 9.17) is 11.6 Å². The van der Waals surface area contributed by atoms with E-state index in [1.807, 2.05) is 0 Å². The number of halogens is 3. The van der Waals surface area contributed by atoms with Crippen molar-refractivity contribution in [3.63, 3.8) is 0 Å². The summed E-state index contributed by atoms with van der Waals surface area (Å²) in [5.41, 5.74) is -0.187. The standard InChI is InChI=1S/C9H5ClF2OS/c10-8-3-5-6(13)1-4(9(11)12)2-7(5)14-8/h1-3,9,13H. The molecular weight excluding hydrogens is 230 g/mol. The number of thiophene rings is 1. The van der Waals surface area contributed by atoms with E-state index in [1.165, 1.54) is 17.4 Å². The molecule has 0 amide bonds. The van der Waals surface area contributed by atoms with Crippen molar-refractivity contribution in [2.24, 2.45) is 0 Å². The lowest BCUT2D eigenvalue weighted by Crippen LogP contribution is -1.82. The maximum atomic E-state index is 12.3. The van der Waals surface area contributed by atoms with Crippen LogP contribution in [0, 0.1) is 0 Å². The molecule has 0 atom stereocenters. The van der Waals surface area contributed by atoms with E-state index in [0.717, 1.165) is 6.07 Å². The van der Waals surface area contributed by atoms with Gasteiger partial charge in [0.2, 0.25) is 0 Å². The highest BCUT2D eigenvalue weighted by molar-refractivity contribution is 7.22. The van der Waals surface area contributed by atoms with Crippen LogP contribution in [0.3, 0.4) is 0 Å². The SMILES string of the molecule is Oc1cc(C(F)F)cc2sc(Cl)cc12. The average molecular weight is 235 g/mol. The van der Waals surface area contributed by atoms with Crippen LogP contribution in [0.2, 0.25) is 4.34 Å². The van der Waals surface area contributed by atoms with Gasteiger partial charge in [-0.3, -0.25) is 0 Å². The lowest BCUT2D eigenvalue weighted by molar-refractivity contribution is 0.151. The predicted octanol–water partition coefficient (Wildman–Crippen LogP) is 4.20. The number of rotatable bonds is 1. The summed E-state index contributed by atoms with van der Waals surface area (Å²) in [5.74, 6) is -0.152. The van der Waals surface area contributed by atoms with Gasteiger partial charge in [0, 0.05) is 15.6 Å². The Balaban J connectivity index is 2.71. The molecule has 1 nitrogen and oxygen atoms in total. The quantitative estimate of drug-likeness (QED) is 0.784. The minimum Gasteiger partial charge on any atom is -0.507 e. The van der Waals surface area contributed by atoms with Crippen molar-refractivity contribution >= 4 is 33.0 Å². The largest absolute Gasteiger partial charge is 0.507 e. The highest BCUT2D eigenvalue weighted by Crippen LogP contribution is 2.37. The molecule has 1 aromatic heterocycles. The first-order chi connectivity index (χ1) is 6.58. The number of hydrogen-bond acceptors (Lipinski definition) is 2. The molecule has 1 heterocycles. The van der Waals surface area contributed by atoms with E-state index >= 15 is 0 Å². The maximum Gasteiger partial charge on any atom is 0.264 e. The summed E-state index contributed by atoms with van der Waals surface area (Å²) in [7, 11) is 0. The number of phenols is 1. The van der Waals surface area contributed by atoms with Crippen LogP contribution in [0.25, 0.3) is 10.1 Å². The number of fused-ring (bicyclic) bond motifs is 1. The fourth-order valence-electron chi connectivity index (χ4n) is 1.24. The zero-order valence-electron chi connectivity index (χ0n) is 6.80. The van der Waals surface area contributed by atoms with Crippen LogP contribution in [0.1, 0.15) is 12.0 Å². The van der Waals surface area contributed by atoms with Gasteiger partial charge < -0.3 is 5.11 Å². The highest BCUT2D eigenvalue weighted by Gasteiger charge is 2.12. The Bertz CT molecular complexity index is 481. The Morgan fingerprint density at radius 1 is 1.29 bits per heavy atom. The number of benzene rings is 1. The van der Waals surface area contributed by atoms with Crippen molar-refractivity contribution in [3.8, 4) is 5.75 Å². The van der Waals surface area contributed by atoms with Crippen molar-refractivity contribution in [2.45, 2.75) is 6.43 Å². The Morgan fingerprint density at radius 2 is 2.00 bits per heavy atom. The van der Waals surface area contributed by atoms with E-state index in [9.17, 15) is 13.9 Å². The summed E-state index contributed by atoms with van der Waals surface area (Å²) in [5, 5.41) is 9.95. The second-order valence-corrected chi connectivity index (χ2v) is 4.52. The number of aromatic hydroxyl groups is 1. The molecule has 0 unspecified atom stereocenters. The van der Waals surface area contributed by atoms with Crippen LogP contribution < -0.4 is 0 Å². The van der Waals surface area contributed by atoms with Gasteiger partial charge in [0.15, 0.2) is 0 Å². The number of hydrogen-bond donors (Lipinski definition) is 1. The highest BCUT2D eigenvalue weighted by atomic mass is 35.5. The molecule has 0 saturated heterocycles. The fraction of sp³-hybridized carbons (Fsp3) is 0.111. The summed E-state index contributed by atoms with van der Waals surface area (Å²) in [6.07, 6.45) is -2.58. The molecule has 0 spiro atoms. The van der Waals surface area contributed by atoms with Gasteiger partial charge in [-0.1, -0.05) is 11.6 Å². The number of phenolic OH excluding ortho intramolecular Hbond substituents is 1. The molecule has 0 fully saturated rings. The van der Waals surface area contributed by atoms with Crippen LogP contribution >= 0.6 is 22.9 Å². The Morgan fingerprint density at radius 3 is 2.64 bits per heavy atom. The van der Waals surface area contributed by atoms with E-state index in [0.29, 0.717) is 14.4 Å². The normalized spacial score (nSPS) is 11.4. The molecule has 1 aromatic carbocycles. The van der Waals surface area contributed by atoms with Crippen LogP contribution in [0.15, 0.2) is 18.2 Å². The second-order valence-electron chi connectivity index (χ2n) is 2.80. The molecule has 5 heteroatoms. The van der Waals surface area contributed by atoms with E-state index in [2.05, 4.69) is 0 Å². The fourth-order valence-corrected chi connectivity index (χ4v) is 2.45. The molecule has 0 aliphatic heterocycles. The molecule has 1 N–H and O–H groups in total. The zero-order valence-corrected chi connectivity index (χ0v) is 8.37. The monoisotopic (exact) mass is 234 g/mol. The predicted molar refractivity (Wildman–Crippen MR) is 53.5 cm³/mol. The zero-order chi connectivity index (χ0) is 10.3. The molecule has 0 radical (unpaired) electrons. The van der Waals surface area contributed by atoms with E-state index < -0.39 is 6.43 Å². The average Bonchev–Trinajstić information content (AvgIpc) is 2.45. The first-order valence-corrected chi connectivity index (χ1v) is 4.97. The van der Waals surface area contributed by atoms with Crippen molar-refractivity contribution < 1.29 is 13.9 Å². The van der Waals surface area contributed by atoms with Crippen molar-refractivity contribution in [2.75, 3.05) is 0 Å². The molecular formula is C9H5ClF2OS. The summed E-state index contributed by atoms with van der Waals surface area (Å²) >= 11 is 6.88. The van der Waals surface area contributed by atoms with Crippen LogP contribution in [0.5, 0.6) is 5.75 Å². The van der Waals surface area contributed by atoms with E-state index in [-0.39, 0.29) is 11.3 Å². The summed E-state index contributed by atoms with van der Waals surface area (Å²) < 4.78 is 25.7. The minimum atomic E-state index is -2.58. The summed E-state index contributed by atoms with van der Waals surface area (Å²) in [6.45, 7) is 0. The molecule has 0 aliphatic carbocycles. The first-order valence-electron chi connectivity index (χ1n) is 3.78. The first kappa shape index (κ1) is 9.68. The van der Waals surface area contributed by atoms with Crippen molar-refractivity contribution in [3.05, 3.63) is 28.1 Å². The molecule has 2 rings (SSSR count). The molecule has 0 bridgehead atoms. The third-order valence-electron chi connectivity index (χ3n) is 1.86. The number of alkyl halides is 2. The van der Waals surface area contributed by atoms with Gasteiger partial charge >= 0.3 is 0 Å². The van der Waals surface area contributed by atoms with Crippen LogP contribution in [-0.4, -0.2) is 5.11 Å². The van der Waals surface area contributed by atoms with Gasteiger partial charge in [-0.15, -0.1) is 11.3 Å². The van der Waals surface area contributed by atoms with Crippen LogP contribution in [-0.2, 0) is 0 Å². The second kappa shape index (κ2) is 3.37. The lowest BCUT2D eigenvalue weighted by Gasteiger charge is -2.01. The molecule has 74 valence electrons. The minimum absolute atomic E-state index is 0.152. The lowest BCUT2D eigenvalue weighted by atomic mass is 10.1. The third kappa shape index (κ3) is 1.55. The third-order valence-corrected chi connectivity index (χ3v) is 3.07. The van der Waals surface area contributed by atoms with Gasteiger partial charge in [-0.2, -0.15) is 0 Å². The molecule has 14 heavy (non-hydrogen) atoms. The van der Waals surface area contributed by atoms with Crippen molar-refractivity contribution in [1.29, 1.82) is 0 Å². The Labute approximate surface area is 87.5 Å². The molecule has 0 saturated carbocycles. The van der Waals surface area contributed by atoms with Gasteiger partial charge in [0.25, 0.3) is 6.43 Å². The summed E-state index contributed by atoms with van der Waals surface area (Å²) in [4.78, 5) is 0. The maximum absolute atomic E-state index is 12.3. The smallest absolute Gasteiger partial charge is 0.264 e. The van der Waals surface area contributed by atoms with Gasteiger partial charge in [-0.05, 0) is 18.2 Å². The van der Waals surface area contributed by atoms with Gasteiger partial charge in [0.05, 0.1) is 4.34 Å². The van der Waals surface area contributed by atoms with Crippen molar-refractivity contribution in [1.82, 2.24) is 0 Å². The van der Waals surface area contributed by atoms with Gasteiger partial charge in [0.1, 0.15) is 5.75 Å².